The fourth-order valence-electron chi connectivity index (χ4n) is 3.95. The minimum Gasteiger partial charge on any atom is -0.497 e. The Morgan fingerprint density at radius 1 is 1.29 bits per heavy atom. The summed E-state index contributed by atoms with van der Waals surface area (Å²) in [5.74, 6) is 2.35. The molecule has 1 fully saturated rings. The van der Waals surface area contributed by atoms with Crippen LogP contribution in [-0.4, -0.2) is 19.6 Å². The molecule has 1 aromatic rings. The number of carbonyl (C=O) groups excluding carboxylic acids is 1. The molecule has 134 valence electrons. The molecule has 2 rings (SSSR count). The maximum absolute atomic E-state index is 12.8. The summed E-state index contributed by atoms with van der Waals surface area (Å²) >= 11 is 0. The third-order valence-corrected chi connectivity index (χ3v) is 5.51. The third kappa shape index (κ3) is 4.99. The van der Waals surface area contributed by atoms with Gasteiger partial charge in [0.2, 0.25) is 5.91 Å². The van der Waals surface area contributed by atoms with Gasteiger partial charge in [-0.2, -0.15) is 0 Å². The topological polar surface area (TPSA) is 38.3 Å². The summed E-state index contributed by atoms with van der Waals surface area (Å²) in [5, 5.41) is 3.18. The van der Waals surface area contributed by atoms with Gasteiger partial charge in [0.15, 0.2) is 0 Å². The van der Waals surface area contributed by atoms with Gasteiger partial charge in [-0.05, 0) is 60.6 Å². The Balaban J connectivity index is 1.89. The van der Waals surface area contributed by atoms with Crippen molar-refractivity contribution in [3.63, 3.8) is 0 Å². The molecular formula is C21H33NO2. The molecule has 0 spiro atoms. The minimum atomic E-state index is 0.157. The first-order valence-electron chi connectivity index (χ1n) is 9.23. The van der Waals surface area contributed by atoms with E-state index in [1.807, 2.05) is 12.1 Å². The van der Waals surface area contributed by atoms with Crippen molar-refractivity contribution in [1.29, 1.82) is 0 Å². The van der Waals surface area contributed by atoms with Gasteiger partial charge < -0.3 is 10.1 Å². The lowest BCUT2D eigenvalue weighted by Crippen LogP contribution is -2.43. The van der Waals surface area contributed by atoms with E-state index in [4.69, 9.17) is 4.74 Å². The molecule has 1 aliphatic carbocycles. The first-order chi connectivity index (χ1) is 11.3. The van der Waals surface area contributed by atoms with E-state index < -0.39 is 0 Å². The van der Waals surface area contributed by atoms with E-state index in [1.165, 1.54) is 18.4 Å². The molecule has 0 radical (unpaired) electrons. The molecule has 3 heteroatoms. The van der Waals surface area contributed by atoms with Crippen LogP contribution in [0.5, 0.6) is 5.75 Å². The van der Waals surface area contributed by atoms with Gasteiger partial charge >= 0.3 is 0 Å². The standard InChI is InChI=1S/C21H33NO2/c1-15(2)18-10-12-21(3,4)14-19(18)20(23)22-13-11-16-6-8-17(24-5)9-7-16/h6-9,15,18-19H,10-14H2,1-5H3,(H,22,23). The summed E-state index contributed by atoms with van der Waals surface area (Å²) in [5.41, 5.74) is 1.50. The van der Waals surface area contributed by atoms with Crippen molar-refractivity contribution < 1.29 is 9.53 Å². The smallest absolute Gasteiger partial charge is 0.223 e. The number of carbonyl (C=O) groups is 1. The molecule has 1 amide bonds. The Morgan fingerprint density at radius 3 is 2.54 bits per heavy atom. The molecule has 0 aromatic heterocycles. The van der Waals surface area contributed by atoms with Crippen LogP contribution >= 0.6 is 0 Å². The van der Waals surface area contributed by atoms with Gasteiger partial charge in [0, 0.05) is 12.5 Å². The molecule has 3 nitrogen and oxygen atoms in total. The highest BCUT2D eigenvalue weighted by molar-refractivity contribution is 5.79. The Bertz CT molecular complexity index is 533. The predicted octanol–water partition coefficient (Wildman–Crippen LogP) is 4.45. The molecule has 0 aliphatic heterocycles. The summed E-state index contributed by atoms with van der Waals surface area (Å²) in [6, 6.07) is 8.06. The van der Waals surface area contributed by atoms with Crippen molar-refractivity contribution in [3.05, 3.63) is 29.8 Å². The molecule has 0 bridgehead atoms. The van der Waals surface area contributed by atoms with E-state index in [0.29, 0.717) is 18.4 Å². The van der Waals surface area contributed by atoms with E-state index in [1.54, 1.807) is 7.11 Å². The number of rotatable bonds is 6. The monoisotopic (exact) mass is 331 g/mol. The Hall–Kier alpha value is -1.51. The Morgan fingerprint density at radius 2 is 1.96 bits per heavy atom. The lowest BCUT2D eigenvalue weighted by atomic mass is 9.64. The van der Waals surface area contributed by atoms with Crippen LogP contribution in [0.4, 0.5) is 0 Å². The summed E-state index contributed by atoms with van der Waals surface area (Å²) in [6.45, 7) is 9.79. The number of hydrogen-bond donors (Lipinski definition) is 1. The van der Waals surface area contributed by atoms with Gasteiger partial charge in [-0.3, -0.25) is 4.79 Å². The highest BCUT2D eigenvalue weighted by atomic mass is 16.5. The molecule has 2 atom stereocenters. The average Bonchev–Trinajstić information content (AvgIpc) is 2.54. The second-order valence-corrected chi connectivity index (χ2v) is 8.31. The summed E-state index contributed by atoms with van der Waals surface area (Å²) in [4.78, 5) is 12.8. The van der Waals surface area contributed by atoms with Gasteiger partial charge in [-0.25, -0.2) is 0 Å². The SMILES string of the molecule is COc1ccc(CCNC(=O)C2CC(C)(C)CCC2C(C)C)cc1. The number of ether oxygens (including phenoxy) is 1. The third-order valence-electron chi connectivity index (χ3n) is 5.51. The molecule has 24 heavy (non-hydrogen) atoms. The van der Waals surface area contributed by atoms with Crippen LogP contribution in [0.1, 0.15) is 52.5 Å². The fourth-order valence-corrected chi connectivity index (χ4v) is 3.95. The minimum absolute atomic E-state index is 0.157. The van der Waals surface area contributed by atoms with Gasteiger partial charge in [-0.1, -0.05) is 39.8 Å². The largest absolute Gasteiger partial charge is 0.497 e. The lowest BCUT2D eigenvalue weighted by molar-refractivity contribution is -0.130. The average molecular weight is 332 g/mol. The van der Waals surface area contributed by atoms with Crippen LogP contribution in [0, 0.1) is 23.2 Å². The van der Waals surface area contributed by atoms with Crippen molar-refractivity contribution in [3.8, 4) is 5.75 Å². The molecule has 1 N–H and O–H groups in total. The zero-order valence-corrected chi connectivity index (χ0v) is 15.9. The van der Waals surface area contributed by atoms with Crippen LogP contribution in [0.15, 0.2) is 24.3 Å². The van der Waals surface area contributed by atoms with E-state index in [-0.39, 0.29) is 17.2 Å². The van der Waals surface area contributed by atoms with Gasteiger partial charge in [0.05, 0.1) is 7.11 Å². The number of amides is 1. The molecule has 1 saturated carbocycles. The quantitative estimate of drug-likeness (QED) is 0.836. The number of benzene rings is 1. The Kier molecular flexibility index (Phi) is 6.31. The summed E-state index contributed by atoms with van der Waals surface area (Å²) in [7, 11) is 1.67. The zero-order chi connectivity index (χ0) is 17.7. The van der Waals surface area contributed by atoms with Crippen LogP contribution in [0.2, 0.25) is 0 Å². The second-order valence-electron chi connectivity index (χ2n) is 8.31. The molecular weight excluding hydrogens is 298 g/mol. The normalized spacial score (nSPS) is 23.1. The summed E-state index contributed by atoms with van der Waals surface area (Å²) in [6.07, 6.45) is 4.26. The highest BCUT2D eigenvalue weighted by Gasteiger charge is 2.39. The number of nitrogens with one attached hydrogen (secondary N) is 1. The molecule has 1 aromatic carbocycles. The molecule has 0 heterocycles. The van der Waals surface area contributed by atoms with Crippen LogP contribution in [0.3, 0.4) is 0 Å². The van der Waals surface area contributed by atoms with Crippen molar-refractivity contribution in [2.24, 2.45) is 23.2 Å². The fraction of sp³-hybridized carbons (Fsp3) is 0.667. The van der Waals surface area contributed by atoms with Crippen LogP contribution < -0.4 is 10.1 Å². The second kappa shape index (κ2) is 8.04. The highest BCUT2D eigenvalue weighted by Crippen LogP contribution is 2.44. The van der Waals surface area contributed by atoms with Crippen molar-refractivity contribution in [1.82, 2.24) is 5.32 Å². The van der Waals surface area contributed by atoms with Crippen LogP contribution in [-0.2, 0) is 11.2 Å². The van der Waals surface area contributed by atoms with E-state index in [2.05, 4.69) is 45.1 Å². The van der Waals surface area contributed by atoms with Gasteiger partial charge in [0.25, 0.3) is 0 Å². The van der Waals surface area contributed by atoms with Gasteiger partial charge in [-0.15, -0.1) is 0 Å². The molecule has 0 saturated heterocycles. The van der Waals surface area contributed by atoms with E-state index in [9.17, 15) is 4.79 Å². The zero-order valence-electron chi connectivity index (χ0n) is 15.9. The lowest BCUT2D eigenvalue weighted by Gasteiger charge is -2.41. The molecule has 1 aliphatic rings. The maximum Gasteiger partial charge on any atom is 0.223 e. The van der Waals surface area contributed by atoms with Crippen LogP contribution in [0.25, 0.3) is 0 Å². The van der Waals surface area contributed by atoms with Crippen molar-refractivity contribution in [2.45, 2.75) is 53.4 Å². The van der Waals surface area contributed by atoms with Crippen molar-refractivity contribution >= 4 is 5.91 Å². The predicted molar refractivity (Wildman–Crippen MR) is 99.2 cm³/mol. The van der Waals surface area contributed by atoms with E-state index in [0.717, 1.165) is 18.6 Å². The molecule has 2 unspecified atom stereocenters. The maximum atomic E-state index is 12.8. The first-order valence-corrected chi connectivity index (χ1v) is 9.23. The number of hydrogen-bond acceptors (Lipinski definition) is 2. The Labute approximate surface area is 147 Å². The first kappa shape index (κ1) is 18.8. The van der Waals surface area contributed by atoms with Crippen molar-refractivity contribution in [2.75, 3.05) is 13.7 Å². The summed E-state index contributed by atoms with van der Waals surface area (Å²) < 4.78 is 5.18. The number of methoxy groups -OCH3 is 1. The van der Waals surface area contributed by atoms with E-state index >= 15 is 0 Å². The van der Waals surface area contributed by atoms with Gasteiger partial charge in [0.1, 0.15) is 5.75 Å².